The lowest BCUT2D eigenvalue weighted by atomic mass is 9.56. The van der Waals surface area contributed by atoms with E-state index < -0.39 is 45.2 Å². The van der Waals surface area contributed by atoms with Gasteiger partial charge in [-0.3, -0.25) is 29.0 Å². The smallest absolute Gasteiger partial charge is 0.253 e. The van der Waals surface area contributed by atoms with Crippen molar-refractivity contribution in [3.8, 4) is 11.5 Å². The first-order valence-electron chi connectivity index (χ1n) is 12.4. The molecule has 2 heterocycles. The van der Waals surface area contributed by atoms with Crippen molar-refractivity contribution < 1.29 is 29.0 Å². The van der Waals surface area contributed by atoms with Gasteiger partial charge in [-0.05, 0) is 71.7 Å². The summed E-state index contributed by atoms with van der Waals surface area (Å²) in [4.78, 5) is 52.9. The van der Waals surface area contributed by atoms with E-state index in [9.17, 15) is 24.3 Å². The quantitative estimate of drug-likeness (QED) is 0.226. The molecule has 6 unspecified atom stereocenters. The number of allylic oxidation sites excluding steroid dienone is 2. The Bertz CT molecular complexity index is 1500. The number of para-hydroxylation sites is 1. The minimum Gasteiger partial charge on any atom is -0.504 e. The minimum absolute atomic E-state index is 0.110. The molecule has 202 valence electrons. The minimum atomic E-state index is -1.97. The van der Waals surface area contributed by atoms with Gasteiger partial charge < -0.3 is 9.84 Å². The second-order valence-electron chi connectivity index (χ2n) is 10.4. The Kier molecular flexibility index (Phi) is 6.09. The number of rotatable bonds is 3. The summed E-state index contributed by atoms with van der Waals surface area (Å²) < 4.78 is 6.27. The summed E-state index contributed by atoms with van der Waals surface area (Å²) in [7, 11) is 2.72. The van der Waals surface area contributed by atoms with Crippen molar-refractivity contribution in [2.75, 3.05) is 19.1 Å². The molecule has 2 aromatic carbocycles. The number of amides is 4. The van der Waals surface area contributed by atoms with Crippen LogP contribution in [-0.4, -0.2) is 57.5 Å². The zero-order valence-electron chi connectivity index (χ0n) is 20.9. The first-order valence-corrected chi connectivity index (χ1v) is 14.2. The lowest BCUT2D eigenvalue weighted by Gasteiger charge is -2.50. The van der Waals surface area contributed by atoms with E-state index in [1.807, 2.05) is 18.2 Å². The van der Waals surface area contributed by atoms with Crippen LogP contribution in [-0.2, 0) is 19.2 Å². The van der Waals surface area contributed by atoms with Crippen LogP contribution in [0.1, 0.15) is 24.3 Å². The van der Waals surface area contributed by atoms with E-state index in [2.05, 4.69) is 22.6 Å². The van der Waals surface area contributed by atoms with E-state index in [-0.39, 0.29) is 41.7 Å². The van der Waals surface area contributed by atoms with E-state index >= 15 is 0 Å². The molecule has 2 aliphatic carbocycles. The second-order valence-corrected chi connectivity index (χ2v) is 12.9. The third kappa shape index (κ3) is 3.35. The topological polar surface area (TPSA) is 104 Å². The van der Waals surface area contributed by atoms with Gasteiger partial charge in [0.1, 0.15) is 0 Å². The number of imide groups is 2. The maximum Gasteiger partial charge on any atom is 0.253 e. The van der Waals surface area contributed by atoms with E-state index in [4.69, 9.17) is 27.9 Å². The molecular formula is C28H23Cl2IN2O6. The normalized spacial score (nSPS) is 33.6. The zero-order valence-corrected chi connectivity index (χ0v) is 24.5. The molecule has 8 nitrogen and oxygen atoms in total. The fourth-order valence-electron chi connectivity index (χ4n) is 6.87. The standard InChI is InChI=1S/C28H23Cl2IN2O6/c1-32-25(37)27(29)12-18-15(21(28(27,30)26(32)38)17-4-3-5-19(39-2)22(17)34)10-11-16-20(18)24(36)33(23(16)35)14-8-6-13(31)7-9-14/h3-10,16,18,20-21,34H,11-12H2,1-2H3. The van der Waals surface area contributed by atoms with Gasteiger partial charge in [-0.1, -0.05) is 23.8 Å². The molecule has 11 heteroatoms. The molecule has 3 fully saturated rings. The summed E-state index contributed by atoms with van der Waals surface area (Å²) in [5, 5.41) is 11.2. The van der Waals surface area contributed by atoms with Crippen LogP contribution in [0.5, 0.6) is 11.5 Å². The molecule has 2 saturated heterocycles. The average molecular weight is 681 g/mol. The fourth-order valence-corrected chi connectivity index (χ4v) is 8.24. The lowest BCUT2D eigenvalue weighted by Crippen LogP contribution is -2.60. The highest BCUT2D eigenvalue weighted by molar-refractivity contribution is 14.1. The molecule has 0 spiro atoms. The predicted molar refractivity (Wildman–Crippen MR) is 152 cm³/mol. The summed E-state index contributed by atoms with van der Waals surface area (Å²) >= 11 is 16.4. The Hall–Kier alpha value is -2.63. The van der Waals surface area contributed by atoms with Gasteiger partial charge in [0, 0.05) is 22.1 Å². The van der Waals surface area contributed by atoms with Gasteiger partial charge in [-0.25, -0.2) is 0 Å². The predicted octanol–water partition coefficient (Wildman–Crippen LogP) is 4.20. The highest BCUT2D eigenvalue weighted by atomic mass is 127. The molecule has 39 heavy (non-hydrogen) atoms. The lowest BCUT2D eigenvalue weighted by molar-refractivity contribution is -0.138. The maximum atomic E-state index is 14.0. The number of carbonyl (C=O) groups is 4. The van der Waals surface area contributed by atoms with Crippen LogP contribution < -0.4 is 9.64 Å². The van der Waals surface area contributed by atoms with Gasteiger partial charge in [-0.2, -0.15) is 0 Å². The molecule has 0 aromatic heterocycles. The van der Waals surface area contributed by atoms with Crippen LogP contribution in [0.25, 0.3) is 0 Å². The maximum absolute atomic E-state index is 14.0. The number of likely N-dealkylation sites (tertiary alicyclic amines) is 1. The largest absolute Gasteiger partial charge is 0.504 e. The van der Waals surface area contributed by atoms with Crippen LogP contribution in [0.15, 0.2) is 54.1 Å². The highest BCUT2D eigenvalue weighted by Gasteiger charge is 2.76. The molecule has 1 N–H and O–H groups in total. The molecule has 1 saturated carbocycles. The molecule has 2 aliphatic heterocycles. The number of benzene rings is 2. The Labute approximate surface area is 248 Å². The average Bonchev–Trinajstić information content (AvgIpc) is 3.25. The first kappa shape index (κ1) is 26.6. The summed E-state index contributed by atoms with van der Waals surface area (Å²) in [5.41, 5.74) is 1.33. The van der Waals surface area contributed by atoms with Crippen LogP contribution in [0.2, 0.25) is 0 Å². The Balaban J connectivity index is 1.53. The summed E-state index contributed by atoms with van der Waals surface area (Å²) in [5.74, 6) is -5.34. The van der Waals surface area contributed by atoms with Gasteiger partial charge in [-0.15, -0.1) is 23.2 Å². The van der Waals surface area contributed by atoms with Crippen LogP contribution in [0.4, 0.5) is 5.69 Å². The first-order chi connectivity index (χ1) is 18.5. The van der Waals surface area contributed by atoms with Crippen molar-refractivity contribution in [3.63, 3.8) is 0 Å². The van der Waals surface area contributed by atoms with Crippen molar-refractivity contribution in [1.29, 1.82) is 0 Å². The number of carbonyl (C=O) groups excluding carboxylic acids is 4. The van der Waals surface area contributed by atoms with Gasteiger partial charge in [0.15, 0.2) is 21.2 Å². The number of anilines is 1. The Morgan fingerprint density at radius 2 is 1.69 bits per heavy atom. The van der Waals surface area contributed by atoms with Gasteiger partial charge in [0.25, 0.3) is 11.8 Å². The number of phenols is 1. The number of phenolic OH excluding ortho intramolecular Hbond substituents is 1. The van der Waals surface area contributed by atoms with Crippen LogP contribution in [0, 0.1) is 21.3 Å². The van der Waals surface area contributed by atoms with Crippen LogP contribution in [0.3, 0.4) is 0 Å². The van der Waals surface area contributed by atoms with E-state index in [0.29, 0.717) is 11.3 Å². The molecule has 4 amide bonds. The SMILES string of the molecule is COc1cccc(C2C3=CCC4C(=O)N(c5ccc(I)cc5)C(=O)C4C3CC3(Cl)C(=O)N(C)C(=O)C23Cl)c1O. The van der Waals surface area contributed by atoms with Gasteiger partial charge >= 0.3 is 0 Å². The summed E-state index contributed by atoms with van der Waals surface area (Å²) in [6.07, 6.45) is 1.96. The number of fused-ring (bicyclic) bond motifs is 4. The number of hydrogen-bond donors (Lipinski definition) is 1. The zero-order chi connectivity index (χ0) is 28.0. The number of halogens is 3. The molecule has 6 rings (SSSR count). The number of hydrogen-bond acceptors (Lipinski definition) is 6. The molecule has 0 radical (unpaired) electrons. The number of aromatic hydroxyl groups is 1. The monoisotopic (exact) mass is 680 g/mol. The summed E-state index contributed by atoms with van der Waals surface area (Å²) in [6.45, 7) is 0. The fraction of sp³-hybridized carbons (Fsp3) is 0.357. The molecule has 4 aliphatic rings. The number of alkyl halides is 2. The van der Waals surface area contributed by atoms with E-state index in [0.717, 1.165) is 8.47 Å². The van der Waals surface area contributed by atoms with Crippen molar-refractivity contribution in [3.05, 3.63) is 63.2 Å². The van der Waals surface area contributed by atoms with Gasteiger partial charge in [0.05, 0.1) is 24.6 Å². The van der Waals surface area contributed by atoms with Crippen molar-refractivity contribution in [2.24, 2.45) is 17.8 Å². The van der Waals surface area contributed by atoms with Crippen LogP contribution >= 0.6 is 45.8 Å². The Morgan fingerprint density at radius 3 is 2.36 bits per heavy atom. The Morgan fingerprint density at radius 1 is 1.00 bits per heavy atom. The molecule has 2 aromatic rings. The molecule has 0 bridgehead atoms. The van der Waals surface area contributed by atoms with E-state index in [1.54, 1.807) is 30.3 Å². The van der Waals surface area contributed by atoms with Crippen molar-refractivity contribution in [2.45, 2.75) is 28.5 Å². The van der Waals surface area contributed by atoms with E-state index in [1.165, 1.54) is 19.1 Å². The number of methoxy groups -OCH3 is 1. The number of nitrogens with zero attached hydrogens (tertiary/aromatic N) is 2. The molecular weight excluding hydrogens is 658 g/mol. The van der Waals surface area contributed by atoms with Crippen molar-refractivity contribution >= 4 is 75.1 Å². The third-order valence-corrected chi connectivity index (χ3v) is 10.8. The summed E-state index contributed by atoms with van der Waals surface area (Å²) in [6, 6.07) is 11.9. The van der Waals surface area contributed by atoms with Crippen molar-refractivity contribution in [1.82, 2.24) is 4.90 Å². The highest BCUT2D eigenvalue weighted by Crippen LogP contribution is 2.66. The number of ether oxygens (including phenoxy) is 1. The third-order valence-electron chi connectivity index (χ3n) is 8.66. The molecule has 6 atom stereocenters. The second kappa shape index (κ2) is 8.94. The van der Waals surface area contributed by atoms with Gasteiger partial charge in [0.2, 0.25) is 11.8 Å².